The van der Waals surface area contributed by atoms with E-state index in [9.17, 15) is 19.2 Å². The summed E-state index contributed by atoms with van der Waals surface area (Å²) in [4.78, 5) is 52.4. The molecule has 1 N–H and O–H groups in total. The molecule has 194 valence electrons. The molecule has 0 spiro atoms. The van der Waals surface area contributed by atoms with Crippen molar-refractivity contribution in [1.82, 2.24) is 0 Å². The van der Waals surface area contributed by atoms with E-state index in [1.807, 2.05) is 37.3 Å². The predicted molar refractivity (Wildman–Crippen MR) is 147 cm³/mol. The molecule has 0 unspecified atom stereocenters. The van der Waals surface area contributed by atoms with Crippen LogP contribution in [0.2, 0.25) is 0 Å². The number of carbonyl (C=O) groups excluding carboxylic acids is 4. The van der Waals surface area contributed by atoms with Gasteiger partial charge in [-0.05, 0) is 85.7 Å². The van der Waals surface area contributed by atoms with E-state index in [0.717, 1.165) is 16.5 Å². The summed E-state index contributed by atoms with van der Waals surface area (Å²) in [6.07, 6.45) is 2.21. The highest BCUT2D eigenvalue weighted by Gasteiger charge is 2.50. The van der Waals surface area contributed by atoms with Gasteiger partial charge >= 0.3 is 5.97 Å². The van der Waals surface area contributed by atoms with Crippen molar-refractivity contribution in [3.05, 3.63) is 94.0 Å². The van der Waals surface area contributed by atoms with Gasteiger partial charge < -0.3 is 10.1 Å². The number of imide groups is 1. The molecule has 5 rings (SSSR count). The molecular formula is C30H27BrN2O5. The van der Waals surface area contributed by atoms with Crippen LogP contribution in [-0.2, 0) is 19.1 Å². The number of halogens is 1. The van der Waals surface area contributed by atoms with Crippen LogP contribution >= 0.6 is 15.9 Å². The number of carbonyl (C=O) groups is 4. The van der Waals surface area contributed by atoms with Crippen LogP contribution in [0.4, 0.5) is 11.4 Å². The summed E-state index contributed by atoms with van der Waals surface area (Å²) >= 11 is 3.38. The molecule has 1 heterocycles. The maximum atomic E-state index is 13.3. The number of rotatable bonds is 6. The summed E-state index contributed by atoms with van der Waals surface area (Å²) in [6.45, 7) is 1.42. The van der Waals surface area contributed by atoms with E-state index in [2.05, 4.69) is 33.4 Å². The summed E-state index contributed by atoms with van der Waals surface area (Å²) in [5, 5.41) is 2.72. The lowest BCUT2D eigenvalue weighted by Crippen LogP contribution is -2.30. The fourth-order valence-corrected chi connectivity index (χ4v) is 5.85. The highest BCUT2D eigenvalue weighted by Crippen LogP contribution is 2.45. The Hall–Kier alpha value is -3.78. The van der Waals surface area contributed by atoms with Crippen molar-refractivity contribution in [3.8, 4) is 0 Å². The van der Waals surface area contributed by atoms with Gasteiger partial charge in [-0.3, -0.25) is 19.3 Å². The van der Waals surface area contributed by atoms with Crippen molar-refractivity contribution >= 4 is 51.0 Å². The van der Waals surface area contributed by atoms with E-state index in [1.54, 1.807) is 18.2 Å². The number of benzene rings is 3. The molecule has 3 aromatic rings. The molecule has 2 aliphatic rings. The number of ether oxygens (including phenoxy) is 1. The Morgan fingerprint density at radius 2 is 1.66 bits per heavy atom. The number of aryl methyl sites for hydroxylation is 1. The molecule has 0 aromatic heterocycles. The third kappa shape index (κ3) is 5.27. The maximum absolute atomic E-state index is 13.3. The second-order valence-electron chi connectivity index (χ2n) is 9.78. The average Bonchev–Trinajstić information content (AvgIpc) is 3.18. The zero-order valence-electron chi connectivity index (χ0n) is 20.9. The SMILES string of the molecule is Cc1cc(Br)ccc1NC(=O)COC(=O)c1ccc(N2C(=O)[C@@H]3CC[C@H](c4ccccc4)C[C@H]3C2=O)cc1. The number of hydrogen-bond acceptors (Lipinski definition) is 5. The second kappa shape index (κ2) is 10.9. The Morgan fingerprint density at radius 3 is 2.37 bits per heavy atom. The molecule has 1 saturated heterocycles. The molecule has 0 radical (unpaired) electrons. The molecule has 2 fully saturated rings. The Bertz CT molecular complexity index is 1390. The number of esters is 1. The lowest BCUT2D eigenvalue weighted by atomic mass is 9.73. The van der Waals surface area contributed by atoms with Gasteiger partial charge in [-0.1, -0.05) is 46.3 Å². The van der Waals surface area contributed by atoms with E-state index in [-0.39, 0.29) is 35.1 Å². The molecule has 7 nitrogen and oxygen atoms in total. The molecule has 3 atom stereocenters. The minimum absolute atomic E-state index is 0.179. The molecule has 8 heteroatoms. The predicted octanol–water partition coefficient (Wildman–Crippen LogP) is 5.63. The molecule has 3 amide bonds. The summed E-state index contributed by atoms with van der Waals surface area (Å²) in [6, 6.07) is 21.7. The highest BCUT2D eigenvalue weighted by atomic mass is 79.9. The average molecular weight is 575 g/mol. The number of nitrogens with one attached hydrogen (secondary N) is 1. The third-order valence-electron chi connectivity index (χ3n) is 7.35. The van der Waals surface area contributed by atoms with Crippen LogP contribution in [-0.4, -0.2) is 30.3 Å². The maximum Gasteiger partial charge on any atom is 0.338 e. The quantitative estimate of drug-likeness (QED) is 0.304. The summed E-state index contributed by atoms with van der Waals surface area (Å²) in [7, 11) is 0. The Morgan fingerprint density at radius 1 is 0.947 bits per heavy atom. The minimum Gasteiger partial charge on any atom is -0.452 e. The van der Waals surface area contributed by atoms with Gasteiger partial charge in [-0.15, -0.1) is 0 Å². The van der Waals surface area contributed by atoms with Gasteiger partial charge in [-0.2, -0.15) is 0 Å². The fourth-order valence-electron chi connectivity index (χ4n) is 5.38. The van der Waals surface area contributed by atoms with Crippen LogP contribution < -0.4 is 10.2 Å². The summed E-state index contributed by atoms with van der Waals surface area (Å²) < 4.78 is 6.06. The number of anilines is 2. The van der Waals surface area contributed by atoms with Crippen LogP contribution in [0.5, 0.6) is 0 Å². The first-order valence-corrected chi connectivity index (χ1v) is 13.4. The van der Waals surface area contributed by atoms with Crippen LogP contribution in [0, 0.1) is 18.8 Å². The standard InChI is InChI=1S/C30H27BrN2O5/c1-18-15-22(31)10-14-26(18)32-27(34)17-38-30(37)20-7-11-23(12-8-20)33-28(35)24-13-9-21(16-25(24)29(33)36)19-5-3-2-4-6-19/h2-8,10-12,14-15,21,24-25H,9,13,16-17H2,1H3,(H,32,34)/t21-,24+,25+/m0/s1. The van der Waals surface area contributed by atoms with Gasteiger partial charge in [-0.25, -0.2) is 4.79 Å². The van der Waals surface area contributed by atoms with Crippen molar-refractivity contribution in [3.63, 3.8) is 0 Å². The number of hydrogen-bond donors (Lipinski definition) is 1. The molecule has 3 aromatic carbocycles. The van der Waals surface area contributed by atoms with Gasteiger partial charge in [0.05, 0.1) is 23.1 Å². The molecule has 1 aliphatic carbocycles. The zero-order chi connectivity index (χ0) is 26.8. The number of nitrogens with zero attached hydrogens (tertiary/aromatic N) is 1. The van der Waals surface area contributed by atoms with Gasteiger partial charge in [0.25, 0.3) is 5.91 Å². The van der Waals surface area contributed by atoms with E-state index in [0.29, 0.717) is 24.2 Å². The van der Waals surface area contributed by atoms with Gasteiger partial charge in [0.1, 0.15) is 0 Å². The lowest BCUT2D eigenvalue weighted by Gasteiger charge is -2.28. The second-order valence-corrected chi connectivity index (χ2v) is 10.7. The Labute approximate surface area is 229 Å². The van der Waals surface area contributed by atoms with Crippen LogP contribution in [0.15, 0.2) is 77.3 Å². The smallest absolute Gasteiger partial charge is 0.338 e. The first-order valence-electron chi connectivity index (χ1n) is 12.6. The Kier molecular flexibility index (Phi) is 7.42. The number of fused-ring (bicyclic) bond motifs is 1. The first-order chi connectivity index (χ1) is 18.3. The third-order valence-corrected chi connectivity index (χ3v) is 7.85. The minimum atomic E-state index is -0.669. The van der Waals surface area contributed by atoms with Gasteiger partial charge in [0, 0.05) is 10.2 Å². The Balaban J connectivity index is 1.20. The van der Waals surface area contributed by atoms with E-state index in [4.69, 9.17) is 4.74 Å². The van der Waals surface area contributed by atoms with Crippen LogP contribution in [0.1, 0.15) is 46.7 Å². The van der Waals surface area contributed by atoms with Gasteiger partial charge in [0.2, 0.25) is 11.8 Å². The van der Waals surface area contributed by atoms with E-state index >= 15 is 0 Å². The van der Waals surface area contributed by atoms with Gasteiger partial charge in [0.15, 0.2) is 6.61 Å². The topological polar surface area (TPSA) is 92.8 Å². The molecule has 1 saturated carbocycles. The monoisotopic (exact) mass is 574 g/mol. The summed E-state index contributed by atoms with van der Waals surface area (Å²) in [5.74, 6) is -1.87. The van der Waals surface area contributed by atoms with Crippen molar-refractivity contribution in [2.24, 2.45) is 11.8 Å². The van der Waals surface area contributed by atoms with Crippen LogP contribution in [0.3, 0.4) is 0 Å². The lowest BCUT2D eigenvalue weighted by molar-refractivity contribution is -0.122. The first kappa shape index (κ1) is 25.9. The van der Waals surface area contributed by atoms with Crippen molar-refractivity contribution in [2.75, 3.05) is 16.8 Å². The van der Waals surface area contributed by atoms with E-state index < -0.39 is 18.5 Å². The molecular weight excluding hydrogens is 548 g/mol. The normalized spacial score (nSPS) is 20.7. The largest absolute Gasteiger partial charge is 0.452 e. The van der Waals surface area contributed by atoms with Crippen LogP contribution in [0.25, 0.3) is 0 Å². The zero-order valence-corrected chi connectivity index (χ0v) is 22.4. The van der Waals surface area contributed by atoms with Crippen molar-refractivity contribution in [1.29, 1.82) is 0 Å². The summed E-state index contributed by atoms with van der Waals surface area (Å²) in [5.41, 5.74) is 3.37. The molecule has 38 heavy (non-hydrogen) atoms. The molecule has 0 bridgehead atoms. The highest BCUT2D eigenvalue weighted by molar-refractivity contribution is 9.10. The van der Waals surface area contributed by atoms with Crippen molar-refractivity contribution < 1.29 is 23.9 Å². The molecule has 1 aliphatic heterocycles. The van der Waals surface area contributed by atoms with Crippen molar-refractivity contribution in [2.45, 2.75) is 32.1 Å². The number of amides is 3. The van der Waals surface area contributed by atoms with E-state index in [1.165, 1.54) is 22.6 Å². The fraction of sp³-hybridized carbons (Fsp3) is 0.267.